The van der Waals surface area contributed by atoms with Gasteiger partial charge in [0, 0.05) is 17.6 Å². The zero-order valence-corrected chi connectivity index (χ0v) is 7.84. The summed E-state index contributed by atoms with van der Waals surface area (Å²) in [5.74, 6) is 0.633. The number of aromatic nitrogens is 2. The third kappa shape index (κ3) is 1.53. The first-order chi connectivity index (χ1) is 6.42. The molecule has 0 aromatic carbocycles. The van der Waals surface area contributed by atoms with Crippen LogP contribution in [-0.2, 0) is 0 Å². The van der Waals surface area contributed by atoms with E-state index in [4.69, 9.17) is 4.74 Å². The second-order valence-electron chi connectivity index (χ2n) is 2.34. The minimum atomic E-state index is 0.633. The van der Waals surface area contributed by atoms with Crippen molar-refractivity contribution in [2.45, 2.75) is 0 Å². The molecule has 0 N–H and O–H groups in total. The van der Waals surface area contributed by atoms with Crippen LogP contribution in [0.4, 0.5) is 0 Å². The Balaban J connectivity index is 2.51. The Bertz CT molecular complexity index is 386. The molecule has 0 spiro atoms. The molecule has 0 saturated heterocycles. The summed E-state index contributed by atoms with van der Waals surface area (Å²) >= 11 is 1.53. The number of nitrogens with zero attached hydrogens (tertiary/aromatic N) is 2. The Kier molecular flexibility index (Phi) is 2.23. The smallest absolute Gasteiger partial charge is 0.154 e. The van der Waals surface area contributed by atoms with Crippen molar-refractivity contribution in [3.63, 3.8) is 0 Å². The minimum Gasteiger partial charge on any atom is -0.494 e. The zero-order chi connectivity index (χ0) is 9.10. The van der Waals surface area contributed by atoms with Crippen molar-refractivity contribution >= 4 is 11.3 Å². The highest BCUT2D eigenvalue weighted by molar-refractivity contribution is 7.07. The van der Waals surface area contributed by atoms with E-state index in [1.54, 1.807) is 24.9 Å². The van der Waals surface area contributed by atoms with Crippen LogP contribution in [0.5, 0.6) is 5.75 Å². The maximum atomic E-state index is 5.12. The van der Waals surface area contributed by atoms with Gasteiger partial charge >= 0.3 is 0 Å². The molecule has 2 aromatic rings. The van der Waals surface area contributed by atoms with Gasteiger partial charge in [-0.15, -0.1) is 11.3 Å². The van der Waals surface area contributed by atoms with Crippen molar-refractivity contribution in [3.05, 3.63) is 29.2 Å². The van der Waals surface area contributed by atoms with Crippen molar-refractivity contribution < 1.29 is 4.74 Å². The number of rotatable bonds is 2. The summed E-state index contributed by atoms with van der Waals surface area (Å²) in [5.41, 5.74) is 3.34. The molecule has 0 aliphatic carbocycles. The van der Waals surface area contributed by atoms with Gasteiger partial charge in [0.05, 0.1) is 12.6 Å². The summed E-state index contributed by atoms with van der Waals surface area (Å²) in [6, 6.07) is 4.67. The van der Waals surface area contributed by atoms with Crippen molar-refractivity contribution in [3.8, 4) is 17.1 Å². The highest BCUT2D eigenvalue weighted by Gasteiger charge is 2.07. The molecule has 1 radical (unpaired) electrons. The lowest BCUT2D eigenvalue weighted by atomic mass is 10.3. The van der Waals surface area contributed by atoms with Gasteiger partial charge in [-0.05, 0) is 6.07 Å². The number of thiazole rings is 1. The molecule has 0 aliphatic rings. The van der Waals surface area contributed by atoms with E-state index >= 15 is 0 Å². The number of pyridine rings is 1. The average Bonchev–Trinajstić information content (AvgIpc) is 2.70. The summed E-state index contributed by atoms with van der Waals surface area (Å²) in [5, 5.41) is 1.93. The van der Waals surface area contributed by atoms with E-state index in [2.05, 4.69) is 16.0 Å². The van der Waals surface area contributed by atoms with E-state index in [9.17, 15) is 0 Å². The highest BCUT2D eigenvalue weighted by Crippen LogP contribution is 2.25. The first kappa shape index (κ1) is 8.19. The highest BCUT2D eigenvalue weighted by atomic mass is 32.1. The second-order valence-corrected chi connectivity index (χ2v) is 3.06. The van der Waals surface area contributed by atoms with Crippen LogP contribution in [-0.4, -0.2) is 17.1 Å². The topological polar surface area (TPSA) is 35.0 Å². The van der Waals surface area contributed by atoms with Gasteiger partial charge in [0.15, 0.2) is 5.75 Å². The normalized spacial score (nSPS) is 9.92. The number of methoxy groups -OCH3 is 1. The van der Waals surface area contributed by atoms with Crippen LogP contribution in [0.1, 0.15) is 0 Å². The first-order valence-corrected chi connectivity index (χ1v) is 4.65. The lowest BCUT2D eigenvalue weighted by Crippen LogP contribution is -1.90. The van der Waals surface area contributed by atoms with E-state index in [1.807, 2.05) is 5.38 Å². The quantitative estimate of drug-likeness (QED) is 0.728. The van der Waals surface area contributed by atoms with Crippen LogP contribution in [0.15, 0.2) is 23.2 Å². The van der Waals surface area contributed by atoms with Gasteiger partial charge in [0.2, 0.25) is 0 Å². The van der Waals surface area contributed by atoms with Crippen LogP contribution >= 0.6 is 11.3 Å². The zero-order valence-electron chi connectivity index (χ0n) is 7.02. The van der Waals surface area contributed by atoms with Crippen LogP contribution in [0.25, 0.3) is 11.4 Å². The molecule has 0 saturated carbocycles. The van der Waals surface area contributed by atoms with E-state index in [1.165, 1.54) is 11.3 Å². The molecule has 0 aliphatic heterocycles. The van der Waals surface area contributed by atoms with Gasteiger partial charge in [-0.1, -0.05) is 0 Å². The Morgan fingerprint density at radius 1 is 1.46 bits per heavy atom. The molecule has 2 rings (SSSR count). The van der Waals surface area contributed by atoms with Crippen LogP contribution in [0.2, 0.25) is 0 Å². The van der Waals surface area contributed by atoms with Gasteiger partial charge in [-0.25, -0.2) is 4.98 Å². The second kappa shape index (κ2) is 3.53. The fourth-order valence-corrected chi connectivity index (χ4v) is 1.56. The lowest BCUT2D eigenvalue weighted by Gasteiger charge is -2.02. The van der Waals surface area contributed by atoms with E-state index in [0.29, 0.717) is 5.75 Å². The summed E-state index contributed by atoms with van der Waals surface area (Å²) in [6.45, 7) is 0. The molecule has 3 nitrogen and oxygen atoms in total. The number of hydrogen-bond acceptors (Lipinski definition) is 4. The van der Waals surface area contributed by atoms with Crippen molar-refractivity contribution in [2.75, 3.05) is 7.11 Å². The predicted molar refractivity (Wildman–Crippen MR) is 50.7 cm³/mol. The molecule has 0 amide bonds. The minimum absolute atomic E-state index is 0.633. The van der Waals surface area contributed by atoms with Crippen LogP contribution in [0, 0.1) is 6.07 Å². The van der Waals surface area contributed by atoms with Gasteiger partial charge in [-0.2, -0.15) is 0 Å². The summed E-state index contributed by atoms with van der Waals surface area (Å²) in [7, 11) is 1.60. The lowest BCUT2D eigenvalue weighted by molar-refractivity contribution is 0.414. The molecule has 0 fully saturated rings. The molecular weight excluding hydrogens is 184 g/mol. The van der Waals surface area contributed by atoms with Crippen LogP contribution < -0.4 is 4.74 Å². The van der Waals surface area contributed by atoms with Gasteiger partial charge in [0.25, 0.3) is 0 Å². The van der Waals surface area contributed by atoms with E-state index < -0.39 is 0 Å². The summed E-state index contributed by atoms with van der Waals surface area (Å²) in [6.07, 6.45) is 1.68. The molecule has 0 atom stereocenters. The molecule has 2 heterocycles. The summed E-state index contributed by atoms with van der Waals surface area (Å²) in [4.78, 5) is 8.33. The Morgan fingerprint density at radius 2 is 2.38 bits per heavy atom. The van der Waals surface area contributed by atoms with Gasteiger partial charge in [-0.3, -0.25) is 4.98 Å². The third-order valence-electron chi connectivity index (χ3n) is 1.59. The van der Waals surface area contributed by atoms with E-state index in [-0.39, 0.29) is 0 Å². The standard InChI is InChI=1S/C9H7N2OS/c1-12-8-3-2-4-10-9(8)7-5-13-6-11-7/h2,4-6H,1H3. The predicted octanol–water partition coefficient (Wildman–Crippen LogP) is 2.01. The maximum Gasteiger partial charge on any atom is 0.154 e. The molecule has 65 valence electrons. The fourth-order valence-electron chi connectivity index (χ4n) is 1.02. The first-order valence-electron chi connectivity index (χ1n) is 3.71. The van der Waals surface area contributed by atoms with Crippen molar-refractivity contribution in [2.24, 2.45) is 0 Å². The fraction of sp³-hybridized carbons (Fsp3) is 0.111. The molecule has 0 bridgehead atoms. The van der Waals surface area contributed by atoms with Gasteiger partial charge in [0.1, 0.15) is 11.4 Å². The average molecular weight is 191 g/mol. The Labute approximate surface area is 80.0 Å². The number of hydrogen-bond donors (Lipinski definition) is 0. The monoisotopic (exact) mass is 191 g/mol. The third-order valence-corrected chi connectivity index (χ3v) is 2.17. The summed E-state index contributed by atoms with van der Waals surface area (Å²) < 4.78 is 5.12. The maximum absolute atomic E-state index is 5.12. The van der Waals surface area contributed by atoms with Crippen LogP contribution in [0.3, 0.4) is 0 Å². The molecule has 0 unspecified atom stereocenters. The molecule has 2 aromatic heterocycles. The van der Waals surface area contributed by atoms with Gasteiger partial charge < -0.3 is 4.74 Å². The number of ether oxygens (including phenoxy) is 1. The largest absolute Gasteiger partial charge is 0.494 e. The molecule has 13 heavy (non-hydrogen) atoms. The Hall–Kier alpha value is -1.42. The van der Waals surface area contributed by atoms with Crippen molar-refractivity contribution in [1.82, 2.24) is 9.97 Å². The molecule has 4 heteroatoms. The molecular formula is C9H7N2OS. The Morgan fingerprint density at radius 3 is 3.08 bits per heavy atom. The SMILES string of the molecule is COc1[c]ccnc1-c1cscn1. The van der Waals surface area contributed by atoms with E-state index in [0.717, 1.165) is 11.4 Å². The van der Waals surface area contributed by atoms with Crippen molar-refractivity contribution in [1.29, 1.82) is 0 Å².